The first-order chi connectivity index (χ1) is 12.5. The van der Waals surface area contributed by atoms with Gasteiger partial charge in [0.1, 0.15) is 11.5 Å². The average molecular weight is 386 g/mol. The number of thioether (sulfide) groups is 1. The lowest BCUT2D eigenvalue weighted by Crippen LogP contribution is -2.44. The van der Waals surface area contributed by atoms with Crippen molar-refractivity contribution in [3.63, 3.8) is 0 Å². The Labute approximate surface area is 159 Å². The molecule has 1 heterocycles. The SMILES string of the molecule is COc1ccccc1C=C1SC(=S)N(NC(=O)c2ccccc2O)C1=O. The van der Waals surface area contributed by atoms with E-state index in [1.807, 2.05) is 18.2 Å². The molecule has 0 radical (unpaired) electrons. The molecule has 2 aromatic carbocycles. The van der Waals surface area contributed by atoms with Crippen molar-refractivity contribution >= 4 is 46.2 Å². The fraction of sp³-hybridized carbons (Fsp3) is 0.0556. The number of benzene rings is 2. The van der Waals surface area contributed by atoms with Crippen LogP contribution < -0.4 is 10.2 Å². The molecule has 0 spiro atoms. The topological polar surface area (TPSA) is 78.9 Å². The van der Waals surface area contributed by atoms with Gasteiger partial charge >= 0.3 is 0 Å². The summed E-state index contributed by atoms with van der Waals surface area (Å²) in [6.07, 6.45) is 1.66. The van der Waals surface area contributed by atoms with Crippen LogP contribution in [0.5, 0.6) is 11.5 Å². The van der Waals surface area contributed by atoms with Crippen molar-refractivity contribution in [3.05, 3.63) is 64.6 Å². The van der Waals surface area contributed by atoms with Gasteiger partial charge in [0.2, 0.25) is 0 Å². The van der Waals surface area contributed by atoms with Crippen molar-refractivity contribution in [1.82, 2.24) is 10.4 Å². The zero-order valence-electron chi connectivity index (χ0n) is 13.6. The molecule has 132 valence electrons. The Morgan fingerprint density at radius 1 is 1.23 bits per heavy atom. The normalized spacial score (nSPS) is 15.4. The fourth-order valence-electron chi connectivity index (χ4n) is 2.32. The molecule has 0 aliphatic carbocycles. The summed E-state index contributed by atoms with van der Waals surface area (Å²) < 4.78 is 5.47. The van der Waals surface area contributed by atoms with Gasteiger partial charge in [-0.1, -0.05) is 42.1 Å². The smallest absolute Gasteiger partial charge is 0.285 e. The summed E-state index contributed by atoms with van der Waals surface area (Å²) in [5.74, 6) is -0.636. The highest BCUT2D eigenvalue weighted by molar-refractivity contribution is 8.26. The summed E-state index contributed by atoms with van der Waals surface area (Å²) >= 11 is 6.27. The van der Waals surface area contributed by atoms with Gasteiger partial charge in [0, 0.05) is 5.56 Å². The van der Waals surface area contributed by atoms with E-state index in [4.69, 9.17) is 17.0 Å². The summed E-state index contributed by atoms with van der Waals surface area (Å²) in [5.41, 5.74) is 3.21. The van der Waals surface area contributed by atoms with Crippen molar-refractivity contribution < 1.29 is 19.4 Å². The Bertz CT molecular complexity index is 927. The first kappa shape index (κ1) is 18.0. The summed E-state index contributed by atoms with van der Waals surface area (Å²) in [5, 5.41) is 10.8. The van der Waals surface area contributed by atoms with E-state index in [1.165, 1.54) is 12.1 Å². The van der Waals surface area contributed by atoms with Gasteiger partial charge in [0.05, 0.1) is 17.6 Å². The van der Waals surface area contributed by atoms with Crippen molar-refractivity contribution in [2.45, 2.75) is 0 Å². The second-order valence-electron chi connectivity index (χ2n) is 5.22. The number of aromatic hydroxyl groups is 1. The highest BCUT2D eigenvalue weighted by atomic mass is 32.2. The number of hydrogen-bond acceptors (Lipinski definition) is 6. The Morgan fingerprint density at radius 3 is 2.65 bits per heavy atom. The molecule has 8 heteroatoms. The van der Waals surface area contributed by atoms with Gasteiger partial charge in [-0.25, -0.2) is 0 Å². The van der Waals surface area contributed by atoms with Crippen molar-refractivity contribution in [3.8, 4) is 11.5 Å². The quantitative estimate of drug-likeness (QED) is 0.621. The number of rotatable bonds is 4. The highest BCUT2D eigenvalue weighted by Gasteiger charge is 2.34. The molecule has 2 amide bonds. The number of carbonyl (C=O) groups is 2. The molecule has 2 aromatic rings. The molecule has 1 saturated heterocycles. The number of para-hydroxylation sites is 2. The maximum Gasteiger partial charge on any atom is 0.285 e. The first-order valence-corrected chi connectivity index (χ1v) is 8.73. The molecule has 26 heavy (non-hydrogen) atoms. The molecular weight excluding hydrogens is 372 g/mol. The molecule has 1 aliphatic heterocycles. The third kappa shape index (κ3) is 3.56. The van der Waals surface area contributed by atoms with Crippen LogP contribution in [0.25, 0.3) is 6.08 Å². The number of thiocarbonyl (C=S) groups is 1. The van der Waals surface area contributed by atoms with E-state index in [0.29, 0.717) is 10.7 Å². The Kier molecular flexibility index (Phi) is 5.24. The lowest BCUT2D eigenvalue weighted by atomic mass is 10.2. The van der Waals surface area contributed by atoms with Gasteiger partial charge in [-0.05, 0) is 36.5 Å². The van der Waals surface area contributed by atoms with Gasteiger partial charge in [0.25, 0.3) is 11.8 Å². The second kappa shape index (κ2) is 7.59. The van der Waals surface area contributed by atoms with Gasteiger partial charge < -0.3 is 9.84 Å². The third-order valence-electron chi connectivity index (χ3n) is 3.58. The summed E-state index contributed by atoms with van der Waals surface area (Å²) in [7, 11) is 1.55. The molecule has 3 rings (SSSR count). The molecule has 0 saturated carbocycles. The van der Waals surface area contributed by atoms with Gasteiger partial charge in [0.15, 0.2) is 4.32 Å². The minimum atomic E-state index is -0.627. The predicted octanol–water partition coefficient (Wildman–Crippen LogP) is 2.95. The highest BCUT2D eigenvalue weighted by Crippen LogP contribution is 2.33. The predicted molar refractivity (Wildman–Crippen MR) is 104 cm³/mol. The lowest BCUT2D eigenvalue weighted by Gasteiger charge is -2.16. The number of hydrazine groups is 1. The molecule has 1 fully saturated rings. The number of hydrogen-bond donors (Lipinski definition) is 2. The molecule has 0 aromatic heterocycles. The van der Waals surface area contributed by atoms with Crippen molar-refractivity contribution in [2.24, 2.45) is 0 Å². The Balaban J connectivity index is 1.82. The number of methoxy groups -OCH3 is 1. The standard InChI is InChI=1S/C18H14N2O4S2/c1-24-14-9-5-2-6-11(14)10-15-17(23)20(18(25)26-15)19-16(22)12-7-3-4-8-13(12)21/h2-10,21H,1H3,(H,19,22). The number of phenolic OH excluding ortho intramolecular Hbond substituents is 1. The van der Waals surface area contributed by atoms with E-state index in [0.717, 1.165) is 22.3 Å². The number of nitrogens with zero attached hydrogens (tertiary/aromatic N) is 1. The molecule has 0 atom stereocenters. The fourth-order valence-corrected chi connectivity index (χ4v) is 3.49. The van der Waals surface area contributed by atoms with Crippen LogP contribution in [0.1, 0.15) is 15.9 Å². The number of nitrogens with one attached hydrogen (secondary N) is 1. The maximum absolute atomic E-state index is 12.6. The third-order valence-corrected chi connectivity index (χ3v) is 4.88. The van der Waals surface area contributed by atoms with Crippen LogP contribution in [0.3, 0.4) is 0 Å². The zero-order chi connectivity index (χ0) is 18.7. The van der Waals surface area contributed by atoms with E-state index in [9.17, 15) is 14.7 Å². The Hall–Kier alpha value is -2.84. The molecule has 0 unspecified atom stereocenters. The summed E-state index contributed by atoms with van der Waals surface area (Å²) in [6, 6.07) is 13.3. The molecule has 2 N–H and O–H groups in total. The van der Waals surface area contributed by atoms with Crippen LogP contribution >= 0.6 is 24.0 Å². The minimum absolute atomic E-state index is 0.0512. The number of carbonyl (C=O) groups excluding carboxylic acids is 2. The molecule has 0 bridgehead atoms. The van der Waals surface area contributed by atoms with E-state index in [2.05, 4.69) is 5.43 Å². The van der Waals surface area contributed by atoms with E-state index >= 15 is 0 Å². The van der Waals surface area contributed by atoms with Crippen LogP contribution in [0.2, 0.25) is 0 Å². The number of phenols is 1. The van der Waals surface area contributed by atoms with Crippen LogP contribution in [-0.2, 0) is 4.79 Å². The lowest BCUT2D eigenvalue weighted by molar-refractivity contribution is -0.123. The van der Waals surface area contributed by atoms with E-state index < -0.39 is 11.8 Å². The molecular formula is C18H14N2O4S2. The van der Waals surface area contributed by atoms with Crippen LogP contribution in [0.15, 0.2) is 53.4 Å². The van der Waals surface area contributed by atoms with Crippen LogP contribution in [0, 0.1) is 0 Å². The van der Waals surface area contributed by atoms with Gasteiger partial charge in [-0.15, -0.1) is 0 Å². The van der Waals surface area contributed by atoms with E-state index in [-0.39, 0.29) is 15.6 Å². The monoisotopic (exact) mass is 386 g/mol. The number of amides is 2. The van der Waals surface area contributed by atoms with Gasteiger partial charge in [-0.3, -0.25) is 15.0 Å². The maximum atomic E-state index is 12.6. The average Bonchev–Trinajstić information content (AvgIpc) is 2.90. The molecule has 1 aliphatic rings. The summed E-state index contributed by atoms with van der Waals surface area (Å²) in [4.78, 5) is 25.3. The van der Waals surface area contributed by atoms with Crippen molar-refractivity contribution in [2.75, 3.05) is 7.11 Å². The van der Waals surface area contributed by atoms with Crippen LogP contribution in [0.4, 0.5) is 0 Å². The largest absolute Gasteiger partial charge is 0.507 e. The molecule has 6 nitrogen and oxygen atoms in total. The zero-order valence-corrected chi connectivity index (χ0v) is 15.3. The van der Waals surface area contributed by atoms with E-state index in [1.54, 1.807) is 31.4 Å². The van der Waals surface area contributed by atoms with Gasteiger partial charge in [-0.2, -0.15) is 5.01 Å². The minimum Gasteiger partial charge on any atom is -0.507 e. The van der Waals surface area contributed by atoms with Crippen LogP contribution in [-0.4, -0.2) is 33.4 Å². The second-order valence-corrected chi connectivity index (χ2v) is 6.89. The first-order valence-electron chi connectivity index (χ1n) is 7.51. The Morgan fingerprint density at radius 2 is 1.92 bits per heavy atom. The summed E-state index contributed by atoms with van der Waals surface area (Å²) in [6.45, 7) is 0. The van der Waals surface area contributed by atoms with Crippen molar-refractivity contribution in [1.29, 1.82) is 0 Å². The number of ether oxygens (including phenoxy) is 1.